The minimum absolute atomic E-state index is 0.432. The molecule has 1 heterocycles. The van der Waals surface area contributed by atoms with Crippen LogP contribution in [0.15, 0.2) is 35.1 Å². The van der Waals surface area contributed by atoms with Crippen molar-refractivity contribution in [3.63, 3.8) is 0 Å². The highest BCUT2D eigenvalue weighted by Gasteiger charge is 2.07. The third kappa shape index (κ3) is 3.34. The van der Waals surface area contributed by atoms with Crippen molar-refractivity contribution in [2.24, 2.45) is 0 Å². The summed E-state index contributed by atoms with van der Waals surface area (Å²) in [6.45, 7) is 5.01. The van der Waals surface area contributed by atoms with E-state index in [9.17, 15) is 0 Å². The molecular weight excluding hydrogens is 314 g/mol. The Labute approximate surface area is 120 Å². The molecule has 0 saturated heterocycles. The van der Waals surface area contributed by atoms with E-state index in [1.165, 1.54) is 0 Å². The zero-order valence-corrected chi connectivity index (χ0v) is 12.7. The van der Waals surface area contributed by atoms with Gasteiger partial charge in [0.2, 0.25) is 0 Å². The van der Waals surface area contributed by atoms with Crippen molar-refractivity contribution in [2.75, 3.05) is 0 Å². The van der Waals surface area contributed by atoms with Crippen molar-refractivity contribution in [3.8, 4) is 5.69 Å². The summed E-state index contributed by atoms with van der Waals surface area (Å²) in [6, 6.07) is 6.27. The van der Waals surface area contributed by atoms with E-state index in [0.717, 1.165) is 27.3 Å². The smallest absolute Gasteiger partial charge is 0.0691 e. The molecule has 0 saturated carbocycles. The van der Waals surface area contributed by atoms with Gasteiger partial charge in [-0.2, -0.15) is 5.10 Å². The Morgan fingerprint density at radius 2 is 2.22 bits per heavy atom. The maximum absolute atomic E-state index is 6.06. The first-order valence-electron chi connectivity index (χ1n) is 5.78. The fourth-order valence-corrected chi connectivity index (χ4v) is 2.15. The molecule has 0 amide bonds. The molecule has 0 bridgehead atoms. The van der Waals surface area contributed by atoms with Crippen molar-refractivity contribution < 1.29 is 0 Å². The molecule has 1 aromatic carbocycles. The number of benzene rings is 1. The average molecular weight is 329 g/mol. The van der Waals surface area contributed by atoms with Gasteiger partial charge in [0.05, 0.1) is 16.4 Å². The van der Waals surface area contributed by atoms with E-state index in [1.807, 2.05) is 29.1 Å². The van der Waals surface area contributed by atoms with Crippen LogP contribution in [-0.4, -0.2) is 15.8 Å². The first-order valence-corrected chi connectivity index (χ1v) is 6.95. The summed E-state index contributed by atoms with van der Waals surface area (Å²) in [6.07, 6.45) is 3.70. The minimum Gasteiger partial charge on any atom is -0.310 e. The summed E-state index contributed by atoms with van der Waals surface area (Å²) < 4.78 is 2.80. The second-order valence-electron chi connectivity index (χ2n) is 4.41. The third-order valence-electron chi connectivity index (χ3n) is 2.54. The number of halogens is 2. The van der Waals surface area contributed by atoms with Gasteiger partial charge in [0.15, 0.2) is 0 Å². The number of rotatable bonds is 4. The Balaban J connectivity index is 2.34. The van der Waals surface area contributed by atoms with Gasteiger partial charge in [-0.05, 0) is 39.7 Å². The van der Waals surface area contributed by atoms with E-state index in [1.54, 1.807) is 6.20 Å². The molecule has 1 N–H and O–H groups in total. The summed E-state index contributed by atoms with van der Waals surface area (Å²) in [4.78, 5) is 0. The van der Waals surface area contributed by atoms with Gasteiger partial charge in [-0.1, -0.05) is 25.4 Å². The molecule has 0 aliphatic heterocycles. The highest BCUT2D eigenvalue weighted by Crippen LogP contribution is 2.21. The largest absolute Gasteiger partial charge is 0.310 e. The number of hydrogen-bond acceptors (Lipinski definition) is 2. The maximum atomic E-state index is 6.06. The van der Waals surface area contributed by atoms with Crippen molar-refractivity contribution in [1.82, 2.24) is 15.1 Å². The van der Waals surface area contributed by atoms with Crippen LogP contribution in [0, 0.1) is 0 Å². The van der Waals surface area contributed by atoms with Crippen LogP contribution >= 0.6 is 27.5 Å². The molecule has 0 fully saturated rings. The van der Waals surface area contributed by atoms with E-state index in [2.05, 4.69) is 40.2 Å². The average Bonchev–Trinajstić information content (AvgIpc) is 2.73. The van der Waals surface area contributed by atoms with Crippen molar-refractivity contribution in [2.45, 2.75) is 26.4 Å². The Morgan fingerprint density at radius 1 is 1.44 bits per heavy atom. The molecule has 18 heavy (non-hydrogen) atoms. The quantitative estimate of drug-likeness (QED) is 0.925. The highest BCUT2D eigenvalue weighted by atomic mass is 79.9. The molecule has 0 aliphatic carbocycles. The summed E-state index contributed by atoms with van der Waals surface area (Å²) >= 11 is 9.46. The molecule has 2 aromatic rings. The summed E-state index contributed by atoms with van der Waals surface area (Å²) in [5.74, 6) is 0. The molecular formula is C13H15BrClN3. The van der Waals surface area contributed by atoms with Gasteiger partial charge in [0.1, 0.15) is 0 Å². The number of aromatic nitrogens is 2. The highest BCUT2D eigenvalue weighted by molar-refractivity contribution is 9.10. The Kier molecular flexibility index (Phi) is 4.43. The summed E-state index contributed by atoms with van der Waals surface area (Å²) in [5, 5.41) is 8.44. The van der Waals surface area contributed by atoms with Crippen molar-refractivity contribution in [1.29, 1.82) is 0 Å². The van der Waals surface area contributed by atoms with E-state index in [0.29, 0.717) is 6.04 Å². The van der Waals surface area contributed by atoms with E-state index < -0.39 is 0 Å². The topological polar surface area (TPSA) is 29.9 Å². The molecule has 0 spiro atoms. The van der Waals surface area contributed by atoms with Crippen molar-refractivity contribution >= 4 is 27.5 Å². The summed E-state index contributed by atoms with van der Waals surface area (Å²) in [7, 11) is 0. The lowest BCUT2D eigenvalue weighted by molar-refractivity contribution is 0.586. The van der Waals surface area contributed by atoms with Crippen LogP contribution in [0.3, 0.4) is 0 Å². The molecule has 0 radical (unpaired) electrons. The van der Waals surface area contributed by atoms with Gasteiger partial charge < -0.3 is 5.32 Å². The molecule has 5 heteroatoms. The molecule has 3 nitrogen and oxygen atoms in total. The first kappa shape index (κ1) is 13.6. The van der Waals surface area contributed by atoms with Gasteiger partial charge in [-0.25, -0.2) is 4.68 Å². The fourth-order valence-electron chi connectivity index (χ4n) is 1.67. The first-order chi connectivity index (χ1) is 8.56. The van der Waals surface area contributed by atoms with Gasteiger partial charge in [0, 0.05) is 23.8 Å². The predicted octanol–water partition coefficient (Wildman–Crippen LogP) is 3.79. The molecule has 1 aromatic heterocycles. The molecule has 0 unspecified atom stereocenters. The van der Waals surface area contributed by atoms with Gasteiger partial charge in [-0.3, -0.25) is 0 Å². The molecule has 0 atom stereocenters. The predicted molar refractivity (Wildman–Crippen MR) is 78.2 cm³/mol. The second kappa shape index (κ2) is 5.87. The minimum atomic E-state index is 0.432. The number of nitrogens with zero attached hydrogens (tertiary/aromatic N) is 2. The molecule has 2 rings (SSSR count). The standard InChI is InChI=1S/C13H15BrClN3/c1-9(2)16-6-10-5-12(15)3-4-13(10)18-8-11(14)7-17-18/h3-5,7-9,16H,6H2,1-2H3. The van der Waals surface area contributed by atoms with Gasteiger partial charge in [-0.15, -0.1) is 0 Å². The monoisotopic (exact) mass is 327 g/mol. The molecule has 96 valence electrons. The lowest BCUT2D eigenvalue weighted by Gasteiger charge is -2.13. The fraction of sp³-hybridized carbons (Fsp3) is 0.308. The van der Waals surface area contributed by atoms with Crippen LogP contribution in [-0.2, 0) is 6.54 Å². The van der Waals surface area contributed by atoms with Crippen molar-refractivity contribution in [3.05, 3.63) is 45.7 Å². The summed E-state index contributed by atoms with van der Waals surface area (Å²) in [5.41, 5.74) is 2.17. The molecule has 0 aliphatic rings. The van der Waals surface area contributed by atoms with E-state index in [-0.39, 0.29) is 0 Å². The normalized spacial score (nSPS) is 11.2. The Bertz CT molecular complexity index is 537. The third-order valence-corrected chi connectivity index (χ3v) is 3.18. The van der Waals surface area contributed by atoms with Crippen LogP contribution in [0.5, 0.6) is 0 Å². The van der Waals surface area contributed by atoms with Gasteiger partial charge >= 0.3 is 0 Å². The zero-order valence-electron chi connectivity index (χ0n) is 10.3. The Morgan fingerprint density at radius 3 is 2.83 bits per heavy atom. The van der Waals surface area contributed by atoms with Crippen LogP contribution in [0.1, 0.15) is 19.4 Å². The Hall–Kier alpha value is -0.840. The SMILES string of the molecule is CC(C)NCc1cc(Cl)ccc1-n1cc(Br)cn1. The lowest BCUT2D eigenvalue weighted by atomic mass is 10.1. The van der Waals surface area contributed by atoms with Gasteiger partial charge in [0.25, 0.3) is 0 Å². The number of nitrogens with one attached hydrogen (secondary N) is 1. The lowest BCUT2D eigenvalue weighted by Crippen LogP contribution is -2.22. The van der Waals surface area contributed by atoms with Crippen LogP contribution < -0.4 is 5.32 Å². The maximum Gasteiger partial charge on any atom is 0.0691 e. The number of hydrogen-bond donors (Lipinski definition) is 1. The second-order valence-corrected chi connectivity index (χ2v) is 5.76. The van der Waals surface area contributed by atoms with Crippen LogP contribution in [0.4, 0.5) is 0 Å². The van der Waals surface area contributed by atoms with E-state index >= 15 is 0 Å². The van der Waals surface area contributed by atoms with Crippen LogP contribution in [0.2, 0.25) is 5.02 Å². The van der Waals surface area contributed by atoms with E-state index in [4.69, 9.17) is 11.6 Å². The zero-order chi connectivity index (χ0) is 13.1. The van der Waals surface area contributed by atoms with Crippen LogP contribution in [0.25, 0.3) is 5.69 Å².